The Balaban J connectivity index is 1.78. The lowest BCUT2D eigenvalue weighted by atomic mass is 10.1. The number of imidazole rings is 1. The Morgan fingerprint density at radius 2 is 2.05 bits per heavy atom. The average molecular weight is 283 g/mol. The predicted molar refractivity (Wildman–Crippen MR) is 83.7 cm³/mol. The van der Waals surface area contributed by atoms with E-state index in [2.05, 4.69) is 40.5 Å². The molecule has 1 atom stereocenters. The van der Waals surface area contributed by atoms with Gasteiger partial charge in [-0.15, -0.1) is 11.3 Å². The first-order chi connectivity index (χ1) is 9.74. The second kappa shape index (κ2) is 5.61. The highest BCUT2D eigenvalue weighted by atomic mass is 32.1. The van der Waals surface area contributed by atoms with Crippen molar-refractivity contribution in [2.45, 2.75) is 19.4 Å². The zero-order chi connectivity index (χ0) is 13.9. The van der Waals surface area contributed by atoms with Crippen molar-refractivity contribution in [1.29, 1.82) is 0 Å². The van der Waals surface area contributed by atoms with Gasteiger partial charge in [-0.25, -0.2) is 4.98 Å². The Morgan fingerprint density at radius 3 is 2.75 bits per heavy atom. The zero-order valence-corrected chi connectivity index (χ0v) is 12.2. The Morgan fingerprint density at radius 1 is 1.25 bits per heavy atom. The van der Waals surface area contributed by atoms with E-state index in [4.69, 9.17) is 5.73 Å². The second-order valence-corrected chi connectivity index (χ2v) is 5.83. The van der Waals surface area contributed by atoms with Crippen LogP contribution in [0.5, 0.6) is 0 Å². The van der Waals surface area contributed by atoms with Gasteiger partial charge in [0.1, 0.15) is 5.82 Å². The van der Waals surface area contributed by atoms with Gasteiger partial charge in [0.25, 0.3) is 0 Å². The van der Waals surface area contributed by atoms with Gasteiger partial charge in [0.2, 0.25) is 0 Å². The molecule has 1 aromatic carbocycles. The van der Waals surface area contributed by atoms with Crippen LogP contribution in [0.3, 0.4) is 0 Å². The minimum Gasteiger partial charge on any atom is -0.340 e. The van der Waals surface area contributed by atoms with E-state index >= 15 is 0 Å². The third-order valence-corrected chi connectivity index (χ3v) is 4.40. The summed E-state index contributed by atoms with van der Waals surface area (Å²) in [6.07, 6.45) is 2.66. The maximum absolute atomic E-state index is 6.24. The quantitative estimate of drug-likeness (QED) is 0.767. The van der Waals surface area contributed by atoms with Gasteiger partial charge in [0.15, 0.2) is 0 Å². The molecule has 102 valence electrons. The van der Waals surface area contributed by atoms with Crippen LogP contribution in [0.25, 0.3) is 10.6 Å². The fourth-order valence-corrected chi connectivity index (χ4v) is 3.15. The number of rotatable bonds is 4. The van der Waals surface area contributed by atoms with E-state index in [1.807, 2.05) is 24.4 Å². The normalized spacial score (nSPS) is 12.5. The molecule has 0 amide bonds. The van der Waals surface area contributed by atoms with Crippen molar-refractivity contribution >= 4 is 11.3 Å². The number of hydrogen-bond donors (Lipinski definition) is 2. The summed E-state index contributed by atoms with van der Waals surface area (Å²) in [5.74, 6) is 0.844. The molecule has 20 heavy (non-hydrogen) atoms. The van der Waals surface area contributed by atoms with Gasteiger partial charge in [-0.3, -0.25) is 0 Å². The first-order valence-corrected chi connectivity index (χ1v) is 7.51. The van der Waals surface area contributed by atoms with Crippen LogP contribution in [0.1, 0.15) is 23.0 Å². The number of H-pyrrole nitrogens is 1. The number of aryl methyl sites for hydroxylation is 1. The molecule has 0 fully saturated rings. The van der Waals surface area contributed by atoms with E-state index in [-0.39, 0.29) is 6.04 Å². The lowest BCUT2D eigenvalue weighted by Crippen LogP contribution is -2.14. The fourth-order valence-electron chi connectivity index (χ4n) is 2.25. The number of thiophene rings is 1. The third kappa shape index (κ3) is 2.66. The van der Waals surface area contributed by atoms with E-state index < -0.39 is 0 Å². The third-order valence-electron chi connectivity index (χ3n) is 3.35. The Kier molecular flexibility index (Phi) is 3.67. The molecule has 2 heterocycles. The molecule has 1 unspecified atom stereocenters. The molecule has 0 aliphatic heterocycles. The molecule has 3 aromatic rings. The average Bonchev–Trinajstić information content (AvgIpc) is 3.08. The number of aromatic nitrogens is 2. The van der Waals surface area contributed by atoms with Crippen LogP contribution in [0.2, 0.25) is 0 Å². The van der Waals surface area contributed by atoms with Crippen LogP contribution in [-0.2, 0) is 6.42 Å². The molecule has 4 heteroatoms. The molecule has 2 aromatic heterocycles. The summed E-state index contributed by atoms with van der Waals surface area (Å²) in [5, 5.41) is 2.09. The standard InChI is InChI=1S/C16H17N3S/c1-11-7-8-20-15(11)14-10-18-16(19-14)13(17)9-12-5-3-2-4-6-12/h2-8,10,13H,9,17H2,1H3,(H,18,19). The molecule has 0 aliphatic rings. The summed E-state index contributed by atoms with van der Waals surface area (Å²) in [5.41, 5.74) is 9.79. The number of nitrogens with one attached hydrogen (secondary N) is 1. The summed E-state index contributed by atoms with van der Waals surface area (Å²) in [4.78, 5) is 9.02. The zero-order valence-electron chi connectivity index (χ0n) is 11.3. The highest BCUT2D eigenvalue weighted by Crippen LogP contribution is 2.28. The van der Waals surface area contributed by atoms with Gasteiger partial charge in [-0.1, -0.05) is 30.3 Å². The number of hydrogen-bond acceptors (Lipinski definition) is 3. The van der Waals surface area contributed by atoms with Gasteiger partial charge in [-0.05, 0) is 35.9 Å². The molecule has 0 aliphatic carbocycles. The molecule has 0 radical (unpaired) electrons. The highest BCUT2D eigenvalue weighted by Gasteiger charge is 2.13. The number of aromatic amines is 1. The van der Waals surface area contributed by atoms with Gasteiger partial charge < -0.3 is 10.7 Å². The van der Waals surface area contributed by atoms with Crippen LogP contribution in [-0.4, -0.2) is 9.97 Å². The SMILES string of the molecule is Cc1ccsc1-c1cnc(C(N)Cc2ccccc2)[nH]1. The van der Waals surface area contributed by atoms with E-state index in [9.17, 15) is 0 Å². The first-order valence-electron chi connectivity index (χ1n) is 6.63. The Bertz CT molecular complexity index is 685. The second-order valence-electron chi connectivity index (χ2n) is 4.91. The van der Waals surface area contributed by atoms with Crippen LogP contribution in [0.4, 0.5) is 0 Å². The van der Waals surface area contributed by atoms with Crippen LogP contribution in [0.15, 0.2) is 48.0 Å². The highest BCUT2D eigenvalue weighted by molar-refractivity contribution is 7.13. The Labute approximate surface area is 122 Å². The predicted octanol–water partition coefficient (Wildman–Crippen LogP) is 3.69. The number of benzene rings is 1. The molecule has 3 N–H and O–H groups in total. The molecular formula is C16H17N3S. The van der Waals surface area contributed by atoms with Gasteiger partial charge in [0.05, 0.1) is 22.8 Å². The molecule has 0 spiro atoms. The van der Waals surface area contributed by atoms with Crippen LogP contribution >= 0.6 is 11.3 Å². The van der Waals surface area contributed by atoms with Crippen molar-refractivity contribution in [3.05, 3.63) is 64.9 Å². The van der Waals surface area contributed by atoms with E-state index in [0.717, 1.165) is 17.9 Å². The van der Waals surface area contributed by atoms with E-state index in [1.54, 1.807) is 11.3 Å². The largest absolute Gasteiger partial charge is 0.340 e. The summed E-state index contributed by atoms with van der Waals surface area (Å²) < 4.78 is 0. The lowest BCUT2D eigenvalue weighted by Gasteiger charge is -2.08. The van der Waals surface area contributed by atoms with E-state index in [0.29, 0.717) is 0 Å². The summed E-state index contributed by atoms with van der Waals surface area (Å²) in [6, 6.07) is 12.3. The topological polar surface area (TPSA) is 54.7 Å². The van der Waals surface area contributed by atoms with Crippen molar-refractivity contribution < 1.29 is 0 Å². The summed E-state index contributed by atoms with van der Waals surface area (Å²) >= 11 is 1.72. The minimum atomic E-state index is -0.105. The molecule has 0 saturated carbocycles. The Hall–Kier alpha value is -1.91. The van der Waals surface area contributed by atoms with Gasteiger partial charge >= 0.3 is 0 Å². The maximum atomic E-state index is 6.24. The molecule has 3 rings (SSSR count). The molecule has 3 nitrogen and oxygen atoms in total. The minimum absolute atomic E-state index is 0.105. The van der Waals surface area contributed by atoms with E-state index in [1.165, 1.54) is 16.0 Å². The van der Waals surface area contributed by atoms with Crippen LogP contribution in [0, 0.1) is 6.92 Å². The monoisotopic (exact) mass is 283 g/mol. The first kappa shape index (κ1) is 13.1. The fraction of sp³-hybridized carbons (Fsp3) is 0.188. The van der Waals surface area contributed by atoms with Crippen molar-refractivity contribution in [3.8, 4) is 10.6 Å². The molecular weight excluding hydrogens is 266 g/mol. The maximum Gasteiger partial charge on any atom is 0.123 e. The molecule has 0 bridgehead atoms. The van der Waals surface area contributed by atoms with Crippen molar-refractivity contribution in [2.75, 3.05) is 0 Å². The van der Waals surface area contributed by atoms with Crippen LogP contribution < -0.4 is 5.73 Å². The smallest absolute Gasteiger partial charge is 0.123 e. The number of nitrogens with zero attached hydrogens (tertiary/aromatic N) is 1. The van der Waals surface area contributed by atoms with Gasteiger partial charge in [-0.2, -0.15) is 0 Å². The van der Waals surface area contributed by atoms with Crippen molar-refractivity contribution in [2.24, 2.45) is 5.73 Å². The summed E-state index contributed by atoms with van der Waals surface area (Å²) in [6.45, 7) is 2.11. The van der Waals surface area contributed by atoms with Crippen molar-refractivity contribution in [1.82, 2.24) is 9.97 Å². The lowest BCUT2D eigenvalue weighted by molar-refractivity contribution is 0.678. The van der Waals surface area contributed by atoms with Gasteiger partial charge in [0, 0.05) is 0 Å². The molecule has 0 saturated heterocycles. The summed E-state index contributed by atoms with van der Waals surface area (Å²) in [7, 11) is 0. The van der Waals surface area contributed by atoms with Crippen molar-refractivity contribution in [3.63, 3.8) is 0 Å². The number of nitrogens with two attached hydrogens (primary N) is 1.